The van der Waals surface area contributed by atoms with E-state index in [-0.39, 0.29) is 0 Å². The highest BCUT2D eigenvalue weighted by Crippen LogP contribution is 1.89. The van der Waals surface area contributed by atoms with Gasteiger partial charge < -0.3 is 9.47 Å². The lowest BCUT2D eigenvalue weighted by atomic mass is 10.5. The molecule has 0 saturated heterocycles. The Balaban J connectivity index is 2.65. The fourth-order valence-corrected chi connectivity index (χ4v) is 0.793. The second-order valence-electron chi connectivity index (χ2n) is 2.00. The van der Waals surface area contributed by atoms with Crippen LogP contribution in [0.15, 0.2) is 0 Å². The first-order valence-electron chi connectivity index (χ1n) is 3.54. The predicted molar refractivity (Wildman–Crippen MR) is 45.7 cm³/mol. The summed E-state index contributed by atoms with van der Waals surface area (Å²) in [7, 11) is 1.71. The largest absolute Gasteiger partial charge is 0.385 e. The molecular formula is C7H15BrO2. The number of methoxy groups -OCH3 is 1. The normalized spacial score (nSPS) is 10.2. The van der Waals surface area contributed by atoms with Crippen LogP contribution in [0.3, 0.4) is 0 Å². The Hall–Kier alpha value is 0.400. The van der Waals surface area contributed by atoms with Gasteiger partial charge in [-0.3, -0.25) is 0 Å². The van der Waals surface area contributed by atoms with E-state index in [4.69, 9.17) is 9.47 Å². The molecule has 0 N–H and O–H groups in total. The van der Waals surface area contributed by atoms with Gasteiger partial charge in [0.25, 0.3) is 0 Å². The minimum absolute atomic E-state index is 0.800. The summed E-state index contributed by atoms with van der Waals surface area (Å²) in [5.41, 5.74) is 0. The summed E-state index contributed by atoms with van der Waals surface area (Å²) in [6.07, 6.45) is 2.09. The van der Waals surface area contributed by atoms with E-state index in [1.807, 2.05) is 0 Å². The molecule has 0 atom stereocenters. The molecule has 0 aromatic rings. The van der Waals surface area contributed by atoms with Crippen molar-refractivity contribution >= 4 is 15.9 Å². The molecular weight excluding hydrogens is 196 g/mol. The van der Waals surface area contributed by atoms with Crippen LogP contribution in [0, 0.1) is 0 Å². The van der Waals surface area contributed by atoms with Crippen molar-refractivity contribution in [2.45, 2.75) is 12.8 Å². The summed E-state index contributed by atoms with van der Waals surface area (Å²) < 4.78 is 10.1. The van der Waals surface area contributed by atoms with Gasteiger partial charge in [0, 0.05) is 32.3 Å². The molecule has 62 valence electrons. The van der Waals surface area contributed by atoms with Gasteiger partial charge in [0.05, 0.1) is 0 Å². The van der Waals surface area contributed by atoms with E-state index >= 15 is 0 Å². The van der Waals surface area contributed by atoms with Crippen LogP contribution in [-0.4, -0.2) is 32.3 Å². The zero-order valence-electron chi connectivity index (χ0n) is 6.44. The van der Waals surface area contributed by atoms with Crippen molar-refractivity contribution in [2.75, 3.05) is 32.3 Å². The van der Waals surface area contributed by atoms with Crippen molar-refractivity contribution in [1.29, 1.82) is 0 Å². The molecule has 0 rings (SSSR count). The molecule has 2 nitrogen and oxygen atoms in total. The molecule has 0 aliphatic rings. The Morgan fingerprint density at radius 2 is 1.80 bits per heavy atom. The van der Waals surface area contributed by atoms with Gasteiger partial charge in [0.2, 0.25) is 0 Å². The maximum atomic E-state index is 5.27. The van der Waals surface area contributed by atoms with Crippen LogP contribution in [0.25, 0.3) is 0 Å². The molecule has 0 saturated carbocycles. The second-order valence-corrected chi connectivity index (χ2v) is 2.79. The first-order valence-corrected chi connectivity index (χ1v) is 4.66. The second kappa shape index (κ2) is 9.40. The highest BCUT2D eigenvalue weighted by molar-refractivity contribution is 9.09. The van der Waals surface area contributed by atoms with Gasteiger partial charge >= 0.3 is 0 Å². The Labute approximate surface area is 71.0 Å². The molecule has 0 amide bonds. The first kappa shape index (κ1) is 10.4. The van der Waals surface area contributed by atoms with Gasteiger partial charge in [-0.25, -0.2) is 0 Å². The number of hydrogen-bond acceptors (Lipinski definition) is 2. The van der Waals surface area contributed by atoms with Crippen LogP contribution in [0.1, 0.15) is 12.8 Å². The SMILES string of the molecule is COCCCOCCCBr. The molecule has 0 aliphatic carbocycles. The molecule has 0 heterocycles. The molecule has 0 aromatic carbocycles. The minimum atomic E-state index is 0.800. The molecule has 0 unspecified atom stereocenters. The molecule has 10 heavy (non-hydrogen) atoms. The Morgan fingerprint density at radius 3 is 2.40 bits per heavy atom. The van der Waals surface area contributed by atoms with E-state index in [1.165, 1.54) is 0 Å². The van der Waals surface area contributed by atoms with Crippen LogP contribution in [0.2, 0.25) is 0 Å². The topological polar surface area (TPSA) is 18.5 Å². The van der Waals surface area contributed by atoms with Gasteiger partial charge in [-0.05, 0) is 12.8 Å². The number of hydrogen-bond donors (Lipinski definition) is 0. The molecule has 0 fully saturated rings. The van der Waals surface area contributed by atoms with Crippen LogP contribution >= 0.6 is 15.9 Å². The predicted octanol–water partition coefficient (Wildman–Crippen LogP) is 1.82. The average molecular weight is 211 g/mol. The lowest BCUT2D eigenvalue weighted by Gasteiger charge is -2.00. The number of ether oxygens (including phenoxy) is 2. The smallest absolute Gasteiger partial charge is 0.0487 e. The van der Waals surface area contributed by atoms with Crippen molar-refractivity contribution < 1.29 is 9.47 Å². The van der Waals surface area contributed by atoms with Gasteiger partial charge in [0.1, 0.15) is 0 Å². The monoisotopic (exact) mass is 210 g/mol. The fourth-order valence-electron chi connectivity index (χ4n) is 0.564. The van der Waals surface area contributed by atoms with Gasteiger partial charge in [0.15, 0.2) is 0 Å². The zero-order chi connectivity index (χ0) is 7.66. The van der Waals surface area contributed by atoms with E-state index in [9.17, 15) is 0 Å². The fraction of sp³-hybridized carbons (Fsp3) is 1.00. The third-order valence-electron chi connectivity index (χ3n) is 1.06. The van der Waals surface area contributed by atoms with Crippen molar-refractivity contribution in [3.63, 3.8) is 0 Å². The van der Waals surface area contributed by atoms with Crippen molar-refractivity contribution in [1.82, 2.24) is 0 Å². The quantitative estimate of drug-likeness (QED) is 0.472. The summed E-state index contributed by atoms with van der Waals surface area (Å²) >= 11 is 3.33. The molecule has 0 spiro atoms. The standard InChI is InChI=1S/C7H15BrO2/c1-9-5-3-7-10-6-2-4-8/h2-7H2,1H3. The molecule has 3 heteroatoms. The van der Waals surface area contributed by atoms with Crippen LogP contribution in [0.5, 0.6) is 0 Å². The van der Waals surface area contributed by atoms with Gasteiger partial charge in [-0.15, -0.1) is 0 Å². The van der Waals surface area contributed by atoms with Crippen molar-refractivity contribution in [2.24, 2.45) is 0 Å². The van der Waals surface area contributed by atoms with E-state index < -0.39 is 0 Å². The summed E-state index contributed by atoms with van der Waals surface area (Å²) in [5, 5.41) is 1.03. The Kier molecular flexibility index (Phi) is 9.78. The lowest BCUT2D eigenvalue weighted by Crippen LogP contribution is -2.00. The first-order chi connectivity index (χ1) is 4.91. The molecule has 0 radical (unpaired) electrons. The Bertz CT molecular complexity index is 51.6. The lowest BCUT2D eigenvalue weighted by molar-refractivity contribution is 0.104. The number of alkyl halides is 1. The molecule has 0 aromatic heterocycles. The van der Waals surface area contributed by atoms with Crippen molar-refractivity contribution in [3.05, 3.63) is 0 Å². The number of rotatable bonds is 7. The minimum Gasteiger partial charge on any atom is -0.385 e. The summed E-state index contributed by atoms with van der Waals surface area (Å²) in [6.45, 7) is 2.48. The maximum Gasteiger partial charge on any atom is 0.0487 e. The molecule has 0 aliphatic heterocycles. The van der Waals surface area contributed by atoms with Gasteiger partial charge in [-0.2, -0.15) is 0 Å². The summed E-state index contributed by atoms with van der Waals surface area (Å²) in [6, 6.07) is 0. The van der Waals surface area contributed by atoms with E-state index in [0.29, 0.717) is 0 Å². The van der Waals surface area contributed by atoms with Crippen molar-refractivity contribution in [3.8, 4) is 0 Å². The zero-order valence-corrected chi connectivity index (χ0v) is 8.02. The third-order valence-corrected chi connectivity index (χ3v) is 1.62. The van der Waals surface area contributed by atoms with Crippen LogP contribution < -0.4 is 0 Å². The van der Waals surface area contributed by atoms with Gasteiger partial charge in [-0.1, -0.05) is 15.9 Å². The van der Waals surface area contributed by atoms with E-state index in [1.54, 1.807) is 7.11 Å². The van der Waals surface area contributed by atoms with Crippen LogP contribution in [-0.2, 0) is 9.47 Å². The Morgan fingerprint density at radius 1 is 1.10 bits per heavy atom. The highest BCUT2D eigenvalue weighted by atomic mass is 79.9. The van der Waals surface area contributed by atoms with E-state index in [0.717, 1.165) is 38.0 Å². The summed E-state index contributed by atoms with van der Waals surface area (Å²) in [5.74, 6) is 0. The maximum absolute atomic E-state index is 5.27. The molecule has 0 bridgehead atoms. The third kappa shape index (κ3) is 8.40. The summed E-state index contributed by atoms with van der Waals surface area (Å²) in [4.78, 5) is 0. The van der Waals surface area contributed by atoms with Crippen LogP contribution in [0.4, 0.5) is 0 Å². The average Bonchev–Trinajstić information content (AvgIpc) is 1.97. The highest BCUT2D eigenvalue weighted by Gasteiger charge is 1.87. The van der Waals surface area contributed by atoms with E-state index in [2.05, 4.69) is 15.9 Å². The number of halogens is 1.